The van der Waals surface area contributed by atoms with Crippen LogP contribution in [-0.2, 0) is 14.3 Å². The molecular weight excluding hydrogens is 372 g/mol. The first-order valence-electron chi connectivity index (χ1n) is 9.39. The second kappa shape index (κ2) is 8.68. The maximum atomic E-state index is 12.5. The number of rotatable bonds is 7. The molecule has 0 radical (unpaired) electrons. The molecule has 1 aliphatic carbocycles. The lowest BCUT2D eigenvalue weighted by Crippen LogP contribution is -2.21. The Kier molecular flexibility index (Phi) is 6.07. The number of carbonyl (C=O) groups is 4. The maximum absolute atomic E-state index is 12.5. The second-order valence-corrected chi connectivity index (χ2v) is 6.83. The SMILES string of the molecule is CCOC(=O)c1ccccc1NC(=O)C1CC1C(=O)Nc1ccc(C(C)=O)cc1. The lowest BCUT2D eigenvalue weighted by atomic mass is 10.1. The fourth-order valence-electron chi connectivity index (χ4n) is 3.00. The van der Waals surface area contributed by atoms with Crippen molar-refractivity contribution in [3.05, 3.63) is 59.7 Å². The molecule has 150 valence electrons. The number of nitrogens with one attached hydrogen (secondary N) is 2. The van der Waals surface area contributed by atoms with Crippen LogP contribution < -0.4 is 10.6 Å². The molecule has 2 atom stereocenters. The van der Waals surface area contributed by atoms with Gasteiger partial charge in [-0.3, -0.25) is 14.4 Å². The van der Waals surface area contributed by atoms with Crippen molar-refractivity contribution in [3.8, 4) is 0 Å². The molecule has 0 aromatic heterocycles. The number of anilines is 2. The van der Waals surface area contributed by atoms with Crippen LogP contribution in [-0.4, -0.2) is 30.2 Å². The van der Waals surface area contributed by atoms with Gasteiger partial charge in [0.2, 0.25) is 11.8 Å². The van der Waals surface area contributed by atoms with Gasteiger partial charge in [0.25, 0.3) is 0 Å². The van der Waals surface area contributed by atoms with Crippen LogP contribution in [0.15, 0.2) is 48.5 Å². The van der Waals surface area contributed by atoms with Gasteiger partial charge in [-0.2, -0.15) is 0 Å². The molecule has 7 nitrogen and oxygen atoms in total. The van der Waals surface area contributed by atoms with Crippen molar-refractivity contribution in [2.24, 2.45) is 11.8 Å². The average Bonchev–Trinajstić information content (AvgIpc) is 3.50. The summed E-state index contributed by atoms with van der Waals surface area (Å²) in [4.78, 5) is 48.2. The molecular formula is C22H22N2O5. The molecule has 2 amide bonds. The van der Waals surface area contributed by atoms with Crippen LogP contribution in [0.5, 0.6) is 0 Å². The zero-order valence-corrected chi connectivity index (χ0v) is 16.2. The predicted octanol–water partition coefficient (Wildman–Crippen LogP) is 3.28. The van der Waals surface area contributed by atoms with E-state index in [0.717, 1.165) is 0 Å². The van der Waals surface area contributed by atoms with Crippen molar-refractivity contribution in [3.63, 3.8) is 0 Å². The summed E-state index contributed by atoms with van der Waals surface area (Å²) < 4.78 is 5.00. The summed E-state index contributed by atoms with van der Waals surface area (Å²) in [7, 11) is 0. The standard InChI is InChI=1S/C22H22N2O5/c1-3-29-22(28)16-6-4-5-7-19(16)24-21(27)18-12-17(18)20(26)23-15-10-8-14(9-11-15)13(2)25/h4-11,17-18H,3,12H2,1-2H3,(H,23,26)(H,24,27). The van der Waals surface area contributed by atoms with E-state index >= 15 is 0 Å². The highest BCUT2D eigenvalue weighted by molar-refractivity contribution is 6.06. The fraction of sp³-hybridized carbons (Fsp3) is 0.273. The molecule has 29 heavy (non-hydrogen) atoms. The smallest absolute Gasteiger partial charge is 0.340 e. The second-order valence-electron chi connectivity index (χ2n) is 6.83. The number of carbonyl (C=O) groups excluding carboxylic acids is 4. The zero-order chi connectivity index (χ0) is 21.0. The highest BCUT2D eigenvalue weighted by atomic mass is 16.5. The van der Waals surface area contributed by atoms with Crippen LogP contribution in [0.25, 0.3) is 0 Å². The first-order chi connectivity index (χ1) is 13.9. The lowest BCUT2D eigenvalue weighted by Gasteiger charge is -2.10. The Labute approximate surface area is 168 Å². The third-order valence-corrected chi connectivity index (χ3v) is 4.70. The zero-order valence-electron chi connectivity index (χ0n) is 16.2. The predicted molar refractivity (Wildman–Crippen MR) is 108 cm³/mol. The number of ketones is 1. The quantitative estimate of drug-likeness (QED) is 0.554. The molecule has 0 saturated heterocycles. The van der Waals surface area contributed by atoms with Gasteiger partial charge in [-0.15, -0.1) is 0 Å². The summed E-state index contributed by atoms with van der Waals surface area (Å²) in [5, 5.41) is 5.48. The molecule has 0 spiro atoms. The van der Waals surface area contributed by atoms with Gasteiger partial charge in [-0.05, 0) is 56.7 Å². The van der Waals surface area contributed by atoms with Crippen molar-refractivity contribution in [2.75, 3.05) is 17.2 Å². The van der Waals surface area contributed by atoms with E-state index in [1.165, 1.54) is 6.92 Å². The topological polar surface area (TPSA) is 102 Å². The van der Waals surface area contributed by atoms with E-state index in [4.69, 9.17) is 4.74 Å². The third-order valence-electron chi connectivity index (χ3n) is 4.70. The molecule has 2 N–H and O–H groups in total. The van der Waals surface area contributed by atoms with Gasteiger partial charge in [0.15, 0.2) is 5.78 Å². The Hall–Kier alpha value is -3.48. The minimum Gasteiger partial charge on any atom is -0.462 e. The highest BCUT2D eigenvalue weighted by Crippen LogP contribution is 2.40. The van der Waals surface area contributed by atoms with Crippen LogP contribution in [0.4, 0.5) is 11.4 Å². The number of hydrogen-bond donors (Lipinski definition) is 2. The Morgan fingerprint density at radius 3 is 2.17 bits per heavy atom. The Morgan fingerprint density at radius 1 is 0.931 bits per heavy atom. The lowest BCUT2D eigenvalue weighted by molar-refractivity contribution is -0.122. The third kappa shape index (κ3) is 4.87. The Morgan fingerprint density at radius 2 is 1.55 bits per heavy atom. The Bertz CT molecular complexity index is 952. The van der Waals surface area contributed by atoms with E-state index in [2.05, 4.69) is 10.6 Å². The monoisotopic (exact) mass is 394 g/mol. The van der Waals surface area contributed by atoms with Crippen LogP contribution in [0.2, 0.25) is 0 Å². The van der Waals surface area contributed by atoms with E-state index in [-0.39, 0.29) is 29.8 Å². The Balaban J connectivity index is 1.59. The van der Waals surface area contributed by atoms with E-state index in [1.807, 2.05) is 0 Å². The van der Waals surface area contributed by atoms with Crippen molar-refractivity contribution < 1.29 is 23.9 Å². The van der Waals surface area contributed by atoms with Gasteiger partial charge in [0, 0.05) is 11.3 Å². The summed E-state index contributed by atoms with van der Waals surface area (Å²) in [6.07, 6.45) is 0.435. The molecule has 0 heterocycles. The van der Waals surface area contributed by atoms with E-state index in [0.29, 0.717) is 23.4 Å². The maximum Gasteiger partial charge on any atom is 0.340 e. The van der Waals surface area contributed by atoms with Gasteiger partial charge in [-0.1, -0.05) is 12.1 Å². The van der Waals surface area contributed by atoms with Crippen molar-refractivity contribution in [2.45, 2.75) is 20.3 Å². The number of ether oxygens (including phenoxy) is 1. The molecule has 2 unspecified atom stereocenters. The minimum atomic E-state index is -0.512. The molecule has 3 rings (SSSR count). The number of hydrogen-bond acceptors (Lipinski definition) is 5. The van der Waals surface area contributed by atoms with Gasteiger partial charge in [-0.25, -0.2) is 4.79 Å². The first kappa shape index (κ1) is 20.3. The van der Waals surface area contributed by atoms with Crippen LogP contribution >= 0.6 is 0 Å². The van der Waals surface area contributed by atoms with Crippen LogP contribution in [0.3, 0.4) is 0 Å². The molecule has 1 saturated carbocycles. The first-order valence-corrected chi connectivity index (χ1v) is 9.39. The number of Topliss-reactive ketones (excluding diaryl/α,β-unsaturated/α-hetero) is 1. The van der Waals surface area contributed by atoms with Crippen molar-refractivity contribution in [1.82, 2.24) is 0 Å². The molecule has 2 aromatic carbocycles. The molecule has 1 aliphatic rings. The van der Waals surface area contributed by atoms with E-state index in [1.54, 1.807) is 55.5 Å². The van der Waals surface area contributed by atoms with Crippen molar-refractivity contribution in [1.29, 1.82) is 0 Å². The molecule has 7 heteroatoms. The minimum absolute atomic E-state index is 0.0510. The van der Waals surface area contributed by atoms with E-state index in [9.17, 15) is 19.2 Å². The average molecular weight is 394 g/mol. The summed E-state index contributed by atoms with van der Waals surface area (Å²) in [6, 6.07) is 13.2. The van der Waals surface area contributed by atoms with Crippen LogP contribution in [0, 0.1) is 11.8 Å². The van der Waals surface area contributed by atoms with Crippen molar-refractivity contribution >= 4 is 34.9 Å². The number of para-hydroxylation sites is 1. The summed E-state index contributed by atoms with van der Waals surface area (Å²) >= 11 is 0. The number of amides is 2. The van der Waals surface area contributed by atoms with Gasteiger partial charge < -0.3 is 15.4 Å². The summed E-state index contributed by atoms with van der Waals surface area (Å²) in [6.45, 7) is 3.42. The van der Waals surface area contributed by atoms with E-state index < -0.39 is 17.8 Å². The number of benzene rings is 2. The number of esters is 1. The van der Waals surface area contributed by atoms with Crippen LogP contribution in [0.1, 0.15) is 41.0 Å². The molecule has 0 aliphatic heterocycles. The normalized spacial score (nSPS) is 17.2. The summed E-state index contributed by atoms with van der Waals surface area (Å²) in [5.41, 5.74) is 1.77. The largest absolute Gasteiger partial charge is 0.462 e. The summed E-state index contributed by atoms with van der Waals surface area (Å²) in [5.74, 6) is -2.01. The van der Waals surface area contributed by atoms with Gasteiger partial charge in [0.05, 0.1) is 29.7 Å². The fourth-order valence-corrected chi connectivity index (χ4v) is 3.00. The van der Waals surface area contributed by atoms with Gasteiger partial charge >= 0.3 is 5.97 Å². The van der Waals surface area contributed by atoms with Gasteiger partial charge in [0.1, 0.15) is 0 Å². The molecule has 1 fully saturated rings. The molecule has 0 bridgehead atoms. The highest BCUT2D eigenvalue weighted by Gasteiger charge is 2.48. The molecule has 2 aromatic rings.